The van der Waals surface area contributed by atoms with Gasteiger partial charge in [0, 0.05) is 25.2 Å². The Morgan fingerprint density at radius 3 is 2.62 bits per heavy atom. The predicted octanol–water partition coefficient (Wildman–Crippen LogP) is 2.82. The highest BCUT2D eigenvalue weighted by molar-refractivity contribution is 4.94. The molecule has 0 aromatic heterocycles. The van der Waals surface area contributed by atoms with Crippen LogP contribution in [0.25, 0.3) is 0 Å². The SMILES string of the molecule is CCN1CCCC1CN(C)CC1CCCC(C)(C)C1NC. The van der Waals surface area contributed by atoms with Gasteiger partial charge in [0.25, 0.3) is 0 Å². The second-order valence-electron chi connectivity index (χ2n) is 8.05. The Kier molecular flexibility index (Phi) is 6.10. The van der Waals surface area contributed by atoms with Gasteiger partial charge in [0.15, 0.2) is 0 Å². The van der Waals surface area contributed by atoms with Gasteiger partial charge in [-0.3, -0.25) is 4.90 Å². The van der Waals surface area contributed by atoms with Gasteiger partial charge in [0.1, 0.15) is 0 Å². The van der Waals surface area contributed by atoms with Crippen LogP contribution in [0.1, 0.15) is 52.9 Å². The molecule has 21 heavy (non-hydrogen) atoms. The largest absolute Gasteiger partial charge is 0.316 e. The molecule has 0 spiro atoms. The molecular weight excluding hydrogens is 258 g/mol. The number of rotatable bonds is 6. The Morgan fingerprint density at radius 2 is 1.95 bits per heavy atom. The number of nitrogens with zero attached hydrogens (tertiary/aromatic N) is 2. The van der Waals surface area contributed by atoms with Crippen LogP contribution >= 0.6 is 0 Å². The van der Waals surface area contributed by atoms with Gasteiger partial charge >= 0.3 is 0 Å². The van der Waals surface area contributed by atoms with Crippen molar-refractivity contribution in [2.24, 2.45) is 11.3 Å². The Bertz CT molecular complexity index is 316. The second kappa shape index (κ2) is 7.43. The summed E-state index contributed by atoms with van der Waals surface area (Å²) in [6, 6.07) is 1.46. The van der Waals surface area contributed by atoms with Crippen LogP contribution in [-0.2, 0) is 0 Å². The number of likely N-dealkylation sites (N-methyl/N-ethyl adjacent to an activating group) is 2. The Labute approximate surface area is 132 Å². The van der Waals surface area contributed by atoms with E-state index in [0.717, 1.165) is 12.0 Å². The summed E-state index contributed by atoms with van der Waals surface area (Å²) >= 11 is 0. The minimum Gasteiger partial charge on any atom is -0.316 e. The lowest BCUT2D eigenvalue weighted by molar-refractivity contribution is 0.0830. The first-order chi connectivity index (χ1) is 9.97. The van der Waals surface area contributed by atoms with Crippen LogP contribution in [0.15, 0.2) is 0 Å². The highest BCUT2D eigenvalue weighted by Gasteiger charge is 2.38. The summed E-state index contributed by atoms with van der Waals surface area (Å²) in [5.41, 5.74) is 0.446. The van der Waals surface area contributed by atoms with Crippen molar-refractivity contribution in [3.63, 3.8) is 0 Å². The zero-order chi connectivity index (χ0) is 15.5. The van der Waals surface area contributed by atoms with Crippen molar-refractivity contribution in [2.75, 3.05) is 40.3 Å². The van der Waals surface area contributed by atoms with Crippen LogP contribution < -0.4 is 5.32 Å². The third-order valence-corrected chi connectivity index (χ3v) is 5.99. The zero-order valence-electron chi connectivity index (χ0n) is 15.0. The van der Waals surface area contributed by atoms with Crippen LogP contribution in [0, 0.1) is 11.3 Å². The summed E-state index contributed by atoms with van der Waals surface area (Å²) < 4.78 is 0. The third-order valence-electron chi connectivity index (χ3n) is 5.99. The van der Waals surface area contributed by atoms with Gasteiger partial charge in [-0.15, -0.1) is 0 Å². The lowest BCUT2D eigenvalue weighted by atomic mass is 9.68. The minimum absolute atomic E-state index is 0.446. The number of nitrogens with one attached hydrogen (secondary N) is 1. The summed E-state index contributed by atoms with van der Waals surface area (Å²) in [6.07, 6.45) is 6.94. The Balaban J connectivity index is 1.87. The fraction of sp³-hybridized carbons (Fsp3) is 1.00. The molecule has 1 N–H and O–H groups in total. The van der Waals surface area contributed by atoms with Crippen molar-refractivity contribution >= 4 is 0 Å². The molecule has 2 fully saturated rings. The highest BCUT2D eigenvalue weighted by Crippen LogP contribution is 2.39. The predicted molar refractivity (Wildman–Crippen MR) is 91.7 cm³/mol. The molecule has 1 aliphatic heterocycles. The summed E-state index contributed by atoms with van der Waals surface area (Å²) in [4.78, 5) is 5.27. The summed E-state index contributed by atoms with van der Waals surface area (Å²) in [7, 11) is 4.49. The van der Waals surface area contributed by atoms with E-state index in [1.165, 1.54) is 58.3 Å². The maximum absolute atomic E-state index is 3.63. The normalized spacial score (nSPS) is 33.7. The monoisotopic (exact) mass is 295 g/mol. The Hall–Kier alpha value is -0.120. The molecule has 124 valence electrons. The first-order valence-electron chi connectivity index (χ1n) is 9.07. The molecule has 0 bridgehead atoms. The molecule has 3 nitrogen and oxygen atoms in total. The lowest BCUT2D eigenvalue weighted by Gasteiger charge is -2.45. The molecule has 3 unspecified atom stereocenters. The smallest absolute Gasteiger partial charge is 0.0223 e. The Morgan fingerprint density at radius 1 is 1.19 bits per heavy atom. The number of likely N-dealkylation sites (tertiary alicyclic amines) is 1. The summed E-state index contributed by atoms with van der Waals surface area (Å²) in [5.74, 6) is 0.806. The van der Waals surface area contributed by atoms with Gasteiger partial charge in [-0.2, -0.15) is 0 Å². The molecule has 0 aromatic rings. The van der Waals surface area contributed by atoms with Crippen LogP contribution in [0.2, 0.25) is 0 Å². The van der Waals surface area contributed by atoms with E-state index in [9.17, 15) is 0 Å². The van der Waals surface area contributed by atoms with Crippen molar-refractivity contribution in [1.82, 2.24) is 15.1 Å². The van der Waals surface area contributed by atoms with Crippen molar-refractivity contribution in [1.29, 1.82) is 0 Å². The fourth-order valence-corrected chi connectivity index (χ4v) is 4.96. The molecule has 1 saturated heterocycles. The van der Waals surface area contributed by atoms with Crippen LogP contribution in [-0.4, -0.2) is 62.2 Å². The van der Waals surface area contributed by atoms with E-state index in [4.69, 9.17) is 0 Å². The van der Waals surface area contributed by atoms with Gasteiger partial charge in [-0.25, -0.2) is 0 Å². The molecule has 3 heteroatoms. The first-order valence-corrected chi connectivity index (χ1v) is 9.07. The average Bonchev–Trinajstić information content (AvgIpc) is 2.85. The van der Waals surface area contributed by atoms with Crippen molar-refractivity contribution < 1.29 is 0 Å². The average molecular weight is 296 g/mol. The van der Waals surface area contributed by atoms with E-state index in [1.807, 2.05) is 0 Å². The molecule has 2 aliphatic rings. The van der Waals surface area contributed by atoms with Gasteiger partial charge in [-0.1, -0.05) is 27.2 Å². The fourth-order valence-electron chi connectivity index (χ4n) is 4.96. The first kappa shape index (κ1) is 17.2. The topological polar surface area (TPSA) is 18.5 Å². The lowest BCUT2D eigenvalue weighted by Crippen LogP contribution is -2.52. The zero-order valence-corrected chi connectivity index (χ0v) is 15.0. The molecule has 0 amide bonds. The summed E-state index contributed by atoms with van der Waals surface area (Å²) in [6.45, 7) is 12.2. The van der Waals surface area contributed by atoms with Crippen molar-refractivity contribution in [2.45, 2.75) is 65.0 Å². The van der Waals surface area contributed by atoms with E-state index >= 15 is 0 Å². The highest BCUT2D eigenvalue weighted by atomic mass is 15.2. The number of hydrogen-bond acceptors (Lipinski definition) is 3. The van der Waals surface area contributed by atoms with E-state index in [2.05, 4.69) is 50.0 Å². The summed E-state index contributed by atoms with van der Waals surface area (Å²) in [5, 5.41) is 3.63. The van der Waals surface area contributed by atoms with E-state index in [-0.39, 0.29) is 0 Å². The standard InChI is InChI=1S/C18H37N3/c1-6-21-12-8-10-16(21)14-20(5)13-15-9-7-11-18(2,3)17(15)19-4/h15-17,19H,6-14H2,1-5H3. The van der Waals surface area contributed by atoms with Gasteiger partial charge < -0.3 is 10.2 Å². The maximum Gasteiger partial charge on any atom is 0.0223 e. The quantitative estimate of drug-likeness (QED) is 0.813. The maximum atomic E-state index is 3.63. The third kappa shape index (κ3) is 4.20. The molecule has 1 aliphatic carbocycles. The molecular formula is C18H37N3. The van der Waals surface area contributed by atoms with Crippen molar-refractivity contribution in [3.8, 4) is 0 Å². The van der Waals surface area contributed by atoms with Crippen LogP contribution in [0.4, 0.5) is 0 Å². The minimum atomic E-state index is 0.446. The van der Waals surface area contributed by atoms with E-state index in [1.54, 1.807) is 0 Å². The molecule has 0 radical (unpaired) electrons. The molecule has 1 saturated carbocycles. The molecule has 2 rings (SSSR count). The van der Waals surface area contributed by atoms with Gasteiger partial charge in [-0.05, 0) is 64.2 Å². The molecule has 0 aromatic carbocycles. The molecule has 3 atom stereocenters. The molecule has 1 heterocycles. The van der Waals surface area contributed by atoms with Gasteiger partial charge in [0.2, 0.25) is 0 Å². The van der Waals surface area contributed by atoms with Crippen LogP contribution in [0.5, 0.6) is 0 Å². The van der Waals surface area contributed by atoms with E-state index in [0.29, 0.717) is 11.5 Å². The second-order valence-corrected chi connectivity index (χ2v) is 8.05. The number of hydrogen-bond donors (Lipinski definition) is 1. The van der Waals surface area contributed by atoms with Crippen LogP contribution in [0.3, 0.4) is 0 Å². The van der Waals surface area contributed by atoms with E-state index < -0.39 is 0 Å². The van der Waals surface area contributed by atoms with Gasteiger partial charge in [0.05, 0.1) is 0 Å². The van der Waals surface area contributed by atoms with Crippen molar-refractivity contribution in [3.05, 3.63) is 0 Å².